The van der Waals surface area contributed by atoms with Gasteiger partial charge in [0.15, 0.2) is 6.61 Å². The fraction of sp³-hybridized carbons (Fsp3) is 0.273. The van der Waals surface area contributed by atoms with Crippen molar-refractivity contribution in [1.82, 2.24) is 5.32 Å². The average molecular weight is 293 g/mol. The standard InChI is InChI=1S/C11H8ClF3N2O2/c12-8-2-1-7(4-16)9(3-8)19-5-10(18)17-6-11(13,14)15/h1-3H,5-6H2,(H,17,18). The number of nitrogens with one attached hydrogen (secondary N) is 1. The van der Waals surface area contributed by atoms with Gasteiger partial charge in [0.05, 0.1) is 5.56 Å². The summed E-state index contributed by atoms with van der Waals surface area (Å²) in [7, 11) is 0. The minimum Gasteiger partial charge on any atom is -0.482 e. The Bertz CT molecular complexity index is 512. The summed E-state index contributed by atoms with van der Waals surface area (Å²) in [4.78, 5) is 11.1. The molecule has 0 bridgehead atoms. The molecule has 1 rings (SSSR count). The number of halogens is 4. The molecule has 0 fully saturated rings. The summed E-state index contributed by atoms with van der Waals surface area (Å²) < 4.78 is 40.5. The zero-order valence-electron chi connectivity index (χ0n) is 9.42. The zero-order chi connectivity index (χ0) is 14.5. The van der Waals surface area contributed by atoms with Crippen molar-refractivity contribution in [3.8, 4) is 11.8 Å². The fourth-order valence-corrected chi connectivity index (χ4v) is 1.26. The largest absolute Gasteiger partial charge is 0.482 e. The first-order valence-corrected chi connectivity index (χ1v) is 5.35. The molecule has 0 spiro atoms. The van der Waals surface area contributed by atoms with Crippen LogP contribution in [-0.2, 0) is 4.79 Å². The summed E-state index contributed by atoms with van der Waals surface area (Å²) in [5, 5.41) is 10.7. The number of carbonyl (C=O) groups excluding carboxylic acids is 1. The first-order chi connectivity index (χ1) is 8.81. The SMILES string of the molecule is N#Cc1ccc(Cl)cc1OCC(=O)NCC(F)(F)F. The second-order valence-electron chi connectivity index (χ2n) is 3.43. The molecule has 0 atom stereocenters. The Morgan fingerprint density at radius 1 is 1.47 bits per heavy atom. The van der Waals surface area contributed by atoms with Crippen molar-refractivity contribution in [1.29, 1.82) is 5.26 Å². The van der Waals surface area contributed by atoms with E-state index in [0.717, 1.165) is 0 Å². The number of carbonyl (C=O) groups is 1. The lowest BCUT2D eigenvalue weighted by Gasteiger charge is -2.10. The Morgan fingerprint density at radius 3 is 2.74 bits per heavy atom. The van der Waals surface area contributed by atoms with Gasteiger partial charge in [0.25, 0.3) is 5.91 Å². The minimum absolute atomic E-state index is 0.0390. The Balaban J connectivity index is 2.55. The van der Waals surface area contributed by atoms with Crippen molar-refractivity contribution in [2.75, 3.05) is 13.2 Å². The zero-order valence-corrected chi connectivity index (χ0v) is 10.2. The molecule has 102 valence electrons. The van der Waals surface area contributed by atoms with E-state index in [4.69, 9.17) is 21.6 Å². The molecule has 0 aliphatic heterocycles. The molecule has 1 aromatic carbocycles. The van der Waals surface area contributed by atoms with E-state index >= 15 is 0 Å². The summed E-state index contributed by atoms with van der Waals surface area (Å²) in [6, 6.07) is 5.95. The third-order valence-corrected chi connectivity index (χ3v) is 2.14. The molecule has 0 saturated carbocycles. The topological polar surface area (TPSA) is 62.1 Å². The molecular weight excluding hydrogens is 285 g/mol. The van der Waals surface area contributed by atoms with Gasteiger partial charge in [-0.3, -0.25) is 4.79 Å². The van der Waals surface area contributed by atoms with Crippen molar-refractivity contribution in [2.45, 2.75) is 6.18 Å². The molecule has 0 saturated heterocycles. The molecule has 0 aliphatic rings. The second kappa shape index (κ2) is 6.29. The highest BCUT2D eigenvalue weighted by molar-refractivity contribution is 6.30. The smallest absolute Gasteiger partial charge is 0.405 e. The van der Waals surface area contributed by atoms with Gasteiger partial charge in [-0.1, -0.05) is 11.6 Å². The minimum atomic E-state index is -4.48. The van der Waals surface area contributed by atoms with E-state index in [-0.39, 0.29) is 16.3 Å². The first-order valence-electron chi connectivity index (χ1n) is 4.98. The van der Waals surface area contributed by atoms with Crippen LogP contribution in [0.25, 0.3) is 0 Å². The van der Waals surface area contributed by atoms with Gasteiger partial charge < -0.3 is 10.1 Å². The van der Waals surface area contributed by atoms with Crippen molar-refractivity contribution < 1.29 is 22.7 Å². The van der Waals surface area contributed by atoms with Crippen LogP contribution in [0.1, 0.15) is 5.56 Å². The maximum absolute atomic E-state index is 11.8. The molecule has 4 nitrogen and oxygen atoms in total. The van der Waals surface area contributed by atoms with Gasteiger partial charge in [-0.05, 0) is 12.1 Å². The van der Waals surface area contributed by atoms with E-state index in [0.29, 0.717) is 0 Å². The van der Waals surface area contributed by atoms with Crippen molar-refractivity contribution in [3.63, 3.8) is 0 Å². The maximum atomic E-state index is 11.8. The maximum Gasteiger partial charge on any atom is 0.405 e. The van der Waals surface area contributed by atoms with Crippen molar-refractivity contribution in [2.24, 2.45) is 0 Å². The monoisotopic (exact) mass is 292 g/mol. The van der Waals surface area contributed by atoms with E-state index < -0.39 is 25.2 Å². The molecule has 8 heteroatoms. The van der Waals surface area contributed by atoms with Gasteiger partial charge in [0, 0.05) is 11.1 Å². The van der Waals surface area contributed by atoms with Crippen molar-refractivity contribution in [3.05, 3.63) is 28.8 Å². The lowest BCUT2D eigenvalue weighted by Crippen LogP contribution is -2.36. The molecule has 0 unspecified atom stereocenters. The van der Waals surface area contributed by atoms with Crippen LogP contribution in [0.2, 0.25) is 5.02 Å². The van der Waals surface area contributed by atoms with Crippen LogP contribution < -0.4 is 10.1 Å². The summed E-state index contributed by atoms with van der Waals surface area (Å²) in [6.45, 7) is -2.07. The fourth-order valence-electron chi connectivity index (χ4n) is 1.10. The number of hydrogen-bond acceptors (Lipinski definition) is 3. The first kappa shape index (κ1) is 15.1. The highest BCUT2D eigenvalue weighted by atomic mass is 35.5. The third kappa shape index (κ3) is 5.48. The third-order valence-electron chi connectivity index (χ3n) is 1.91. The van der Waals surface area contributed by atoms with Crippen LogP contribution in [0.5, 0.6) is 5.75 Å². The molecule has 0 radical (unpaired) electrons. The lowest BCUT2D eigenvalue weighted by molar-refractivity contribution is -0.139. The number of nitriles is 1. The Morgan fingerprint density at radius 2 is 2.16 bits per heavy atom. The number of nitrogens with zero attached hydrogens (tertiary/aromatic N) is 1. The van der Waals surface area contributed by atoms with Crippen LogP contribution in [-0.4, -0.2) is 25.2 Å². The molecule has 0 heterocycles. The molecule has 0 aliphatic carbocycles. The number of rotatable bonds is 4. The van der Waals surface area contributed by atoms with E-state index in [1.165, 1.54) is 18.2 Å². The predicted molar refractivity (Wildman–Crippen MR) is 60.7 cm³/mol. The van der Waals surface area contributed by atoms with E-state index in [2.05, 4.69) is 0 Å². The normalized spacial score (nSPS) is 10.7. The highest BCUT2D eigenvalue weighted by Gasteiger charge is 2.27. The Kier molecular flexibility index (Phi) is 5.01. The number of benzene rings is 1. The average Bonchev–Trinajstić information content (AvgIpc) is 2.33. The Hall–Kier alpha value is -1.94. The summed E-state index contributed by atoms with van der Waals surface area (Å²) in [5.74, 6) is -0.904. The van der Waals surface area contributed by atoms with E-state index in [1.807, 2.05) is 6.07 Å². The van der Waals surface area contributed by atoms with Crippen molar-refractivity contribution >= 4 is 17.5 Å². The molecule has 1 N–H and O–H groups in total. The van der Waals surface area contributed by atoms with Gasteiger partial charge in [0.1, 0.15) is 18.4 Å². The number of ether oxygens (including phenoxy) is 1. The van der Waals surface area contributed by atoms with E-state index in [9.17, 15) is 18.0 Å². The van der Waals surface area contributed by atoms with Crippen LogP contribution >= 0.6 is 11.6 Å². The highest BCUT2D eigenvalue weighted by Crippen LogP contribution is 2.22. The van der Waals surface area contributed by atoms with Crippen LogP contribution in [0.15, 0.2) is 18.2 Å². The lowest BCUT2D eigenvalue weighted by atomic mass is 10.2. The molecule has 1 aromatic rings. The van der Waals surface area contributed by atoms with Gasteiger partial charge in [-0.25, -0.2) is 0 Å². The summed E-state index contributed by atoms with van der Waals surface area (Å²) in [6.07, 6.45) is -4.48. The molecular formula is C11H8ClF3N2O2. The van der Waals surface area contributed by atoms with Crippen LogP contribution in [0, 0.1) is 11.3 Å². The second-order valence-corrected chi connectivity index (χ2v) is 3.87. The molecule has 1 amide bonds. The summed E-state index contributed by atoms with van der Waals surface area (Å²) >= 11 is 5.67. The summed E-state index contributed by atoms with van der Waals surface area (Å²) in [5.41, 5.74) is 0.132. The van der Waals surface area contributed by atoms with Gasteiger partial charge in [-0.2, -0.15) is 18.4 Å². The van der Waals surface area contributed by atoms with Gasteiger partial charge in [0.2, 0.25) is 0 Å². The number of alkyl halides is 3. The van der Waals surface area contributed by atoms with Crippen LogP contribution in [0.4, 0.5) is 13.2 Å². The van der Waals surface area contributed by atoms with Gasteiger partial charge in [-0.15, -0.1) is 0 Å². The number of amides is 1. The predicted octanol–water partition coefficient (Wildman–Crippen LogP) is 2.27. The Labute approximate surface area is 111 Å². The van der Waals surface area contributed by atoms with E-state index in [1.54, 1.807) is 5.32 Å². The number of hydrogen-bond donors (Lipinski definition) is 1. The molecule has 0 aromatic heterocycles. The quantitative estimate of drug-likeness (QED) is 0.926. The van der Waals surface area contributed by atoms with Crippen LogP contribution in [0.3, 0.4) is 0 Å². The molecule has 19 heavy (non-hydrogen) atoms. The van der Waals surface area contributed by atoms with Gasteiger partial charge >= 0.3 is 6.18 Å².